The third-order valence-corrected chi connectivity index (χ3v) is 5.23. The molecule has 1 amide bonds. The van der Waals surface area contributed by atoms with E-state index in [1.54, 1.807) is 11.9 Å². The number of amides is 1. The van der Waals surface area contributed by atoms with E-state index in [1.165, 1.54) is 12.8 Å². The van der Waals surface area contributed by atoms with Crippen molar-refractivity contribution in [3.63, 3.8) is 0 Å². The maximum Gasteiger partial charge on any atom is 0.243 e. The van der Waals surface area contributed by atoms with Crippen molar-refractivity contribution in [2.24, 2.45) is 5.92 Å². The van der Waals surface area contributed by atoms with Gasteiger partial charge in [-0.25, -0.2) is 4.52 Å². The summed E-state index contributed by atoms with van der Waals surface area (Å²) in [5, 5.41) is 16.6. The van der Waals surface area contributed by atoms with Gasteiger partial charge in [0.1, 0.15) is 0 Å². The van der Waals surface area contributed by atoms with Gasteiger partial charge in [0.15, 0.2) is 5.65 Å². The summed E-state index contributed by atoms with van der Waals surface area (Å²) in [6, 6.07) is 8.06. The highest BCUT2D eigenvalue weighted by Gasteiger charge is 2.21. The van der Waals surface area contributed by atoms with Gasteiger partial charge in [-0.05, 0) is 44.2 Å². The molecule has 1 fully saturated rings. The molecule has 0 spiro atoms. The van der Waals surface area contributed by atoms with Crippen LogP contribution in [0.2, 0.25) is 0 Å². The molecule has 158 valence electrons. The first-order valence-electron chi connectivity index (χ1n) is 10.6. The Bertz CT molecular complexity index is 950. The highest BCUT2D eigenvalue weighted by Crippen LogP contribution is 2.28. The Morgan fingerprint density at radius 3 is 3.00 bits per heavy atom. The maximum atomic E-state index is 11.9. The van der Waals surface area contributed by atoms with Crippen LogP contribution >= 0.6 is 0 Å². The molecule has 0 aromatic carbocycles. The second-order valence-corrected chi connectivity index (χ2v) is 7.72. The summed E-state index contributed by atoms with van der Waals surface area (Å²) in [5.41, 5.74) is 1.88. The molecule has 2 aromatic rings. The second-order valence-electron chi connectivity index (χ2n) is 7.72. The van der Waals surface area contributed by atoms with E-state index in [0.717, 1.165) is 30.2 Å². The maximum absolute atomic E-state index is 11.9. The summed E-state index contributed by atoms with van der Waals surface area (Å²) in [6.07, 6.45) is 12.3. The fraction of sp³-hybridized carbons (Fsp3) is 0.478. The van der Waals surface area contributed by atoms with E-state index in [-0.39, 0.29) is 24.7 Å². The molecule has 7 nitrogen and oxygen atoms in total. The van der Waals surface area contributed by atoms with Crippen molar-refractivity contribution in [1.29, 1.82) is 5.26 Å². The number of nitriles is 1. The summed E-state index contributed by atoms with van der Waals surface area (Å²) in [4.78, 5) is 18.2. The standard InChI is InChI=1S/C23H30N6O/c1-3-8-19(9-4-5-16-28(2)22(30)12-7-15-24)20-10-6-11-21-26-23(27-29(20)21)25-17-18-13-14-18/h3-4,6,8-11,18-19H,5,7,12-14,16-17H2,1-2H3,(H,25,27)/b8-3-,9-4-. The van der Waals surface area contributed by atoms with E-state index in [0.29, 0.717) is 12.5 Å². The highest BCUT2D eigenvalue weighted by molar-refractivity contribution is 5.76. The number of anilines is 1. The number of pyridine rings is 1. The first kappa shape index (κ1) is 21.6. The molecule has 0 aliphatic heterocycles. The van der Waals surface area contributed by atoms with E-state index < -0.39 is 0 Å². The predicted octanol–water partition coefficient (Wildman–Crippen LogP) is 3.92. The number of hydrogen-bond donors (Lipinski definition) is 1. The van der Waals surface area contributed by atoms with E-state index >= 15 is 0 Å². The van der Waals surface area contributed by atoms with Crippen LogP contribution < -0.4 is 5.32 Å². The quantitative estimate of drug-likeness (QED) is 0.572. The van der Waals surface area contributed by atoms with Crippen LogP contribution in [0.5, 0.6) is 0 Å². The Labute approximate surface area is 178 Å². The van der Waals surface area contributed by atoms with Crippen LogP contribution in [0.1, 0.15) is 50.6 Å². The molecule has 3 rings (SSSR count). The Balaban J connectivity index is 1.66. The van der Waals surface area contributed by atoms with Crippen LogP contribution in [-0.2, 0) is 4.79 Å². The van der Waals surface area contributed by atoms with Gasteiger partial charge in [-0.1, -0.05) is 30.4 Å². The molecule has 0 saturated heterocycles. The number of nitrogens with zero attached hydrogens (tertiary/aromatic N) is 5. The molecule has 2 aromatic heterocycles. The Morgan fingerprint density at radius 1 is 1.43 bits per heavy atom. The molecular weight excluding hydrogens is 376 g/mol. The minimum atomic E-state index is 0.00793. The third kappa shape index (κ3) is 5.93. The van der Waals surface area contributed by atoms with Gasteiger partial charge < -0.3 is 10.2 Å². The van der Waals surface area contributed by atoms with Crippen molar-refractivity contribution in [1.82, 2.24) is 19.5 Å². The van der Waals surface area contributed by atoms with Crippen LogP contribution in [0, 0.1) is 17.2 Å². The Hall–Kier alpha value is -3.14. The lowest BCUT2D eigenvalue weighted by atomic mass is 10.0. The Kier molecular flexibility index (Phi) is 7.61. The average Bonchev–Trinajstić information content (AvgIpc) is 3.49. The topological polar surface area (TPSA) is 86.3 Å². The van der Waals surface area contributed by atoms with Crippen molar-refractivity contribution in [2.75, 3.05) is 25.5 Å². The van der Waals surface area contributed by atoms with Gasteiger partial charge in [0.25, 0.3) is 0 Å². The van der Waals surface area contributed by atoms with Crippen LogP contribution in [0.25, 0.3) is 5.65 Å². The summed E-state index contributed by atoms with van der Waals surface area (Å²) >= 11 is 0. The zero-order valence-electron chi connectivity index (χ0n) is 17.8. The van der Waals surface area contributed by atoms with Crippen molar-refractivity contribution in [3.8, 4) is 6.07 Å². The number of carbonyl (C=O) groups is 1. The van der Waals surface area contributed by atoms with Gasteiger partial charge in [-0.2, -0.15) is 10.2 Å². The number of fused-ring (bicyclic) bond motifs is 1. The zero-order valence-corrected chi connectivity index (χ0v) is 17.8. The monoisotopic (exact) mass is 406 g/mol. The fourth-order valence-electron chi connectivity index (χ4n) is 3.27. The Morgan fingerprint density at radius 2 is 2.27 bits per heavy atom. The normalized spacial score (nSPS) is 15.0. The molecule has 0 radical (unpaired) electrons. The minimum Gasteiger partial charge on any atom is -0.353 e. The largest absolute Gasteiger partial charge is 0.353 e. The van der Waals surface area contributed by atoms with E-state index in [4.69, 9.17) is 5.26 Å². The molecule has 2 heterocycles. The molecule has 0 bridgehead atoms. The van der Waals surface area contributed by atoms with E-state index in [9.17, 15) is 4.79 Å². The van der Waals surface area contributed by atoms with Crippen molar-refractivity contribution in [3.05, 3.63) is 48.2 Å². The van der Waals surface area contributed by atoms with Crippen molar-refractivity contribution in [2.45, 2.75) is 44.9 Å². The minimum absolute atomic E-state index is 0.00793. The fourth-order valence-corrected chi connectivity index (χ4v) is 3.27. The summed E-state index contributed by atoms with van der Waals surface area (Å²) in [6.45, 7) is 3.57. The third-order valence-electron chi connectivity index (χ3n) is 5.23. The summed E-state index contributed by atoms with van der Waals surface area (Å²) in [7, 11) is 1.78. The zero-order chi connectivity index (χ0) is 21.3. The SMILES string of the molecule is C/C=C\C(/C=C\CCN(C)C(=O)CCC#N)c1cccc2nc(NCC3CC3)nn12. The number of aromatic nitrogens is 3. The van der Waals surface area contributed by atoms with Crippen LogP contribution in [-0.4, -0.2) is 45.5 Å². The summed E-state index contributed by atoms with van der Waals surface area (Å²) < 4.78 is 1.90. The van der Waals surface area contributed by atoms with Crippen molar-refractivity contribution >= 4 is 17.5 Å². The van der Waals surface area contributed by atoms with E-state index in [1.807, 2.05) is 35.7 Å². The average molecular weight is 407 g/mol. The molecule has 1 atom stereocenters. The molecule has 1 aliphatic carbocycles. The van der Waals surface area contributed by atoms with Gasteiger partial charge >= 0.3 is 0 Å². The van der Waals surface area contributed by atoms with Crippen LogP contribution in [0.3, 0.4) is 0 Å². The van der Waals surface area contributed by atoms with Crippen molar-refractivity contribution < 1.29 is 4.79 Å². The molecule has 1 aliphatic rings. The molecule has 1 unspecified atom stereocenters. The number of carbonyl (C=O) groups excluding carboxylic acids is 1. The highest BCUT2D eigenvalue weighted by atomic mass is 16.2. The lowest BCUT2D eigenvalue weighted by molar-refractivity contribution is -0.129. The second kappa shape index (κ2) is 10.6. The first-order valence-corrected chi connectivity index (χ1v) is 10.6. The van der Waals surface area contributed by atoms with Gasteiger partial charge in [-0.3, -0.25) is 4.79 Å². The molecule has 7 heteroatoms. The lowest BCUT2D eigenvalue weighted by Crippen LogP contribution is -2.27. The number of rotatable bonds is 11. The lowest BCUT2D eigenvalue weighted by Gasteiger charge is -2.15. The van der Waals surface area contributed by atoms with Gasteiger partial charge in [-0.15, -0.1) is 5.10 Å². The molecule has 1 saturated carbocycles. The summed E-state index contributed by atoms with van der Waals surface area (Å²) in [5.74, 6) is 1.51. The van der Waals surface area contributed by atoms with Gasteiger partial charge in [0.2, 0.25) is 11.9 Å². The predicted molar refractivity (Wildman–Crippen MR) is 118 cm³/mol. The smallest absolute Gasteiger partial charge is 0.243 e. The van der Waals surface area contributed by atoms with Crippen LogP contribution in [0.15, 0.2) is 42.5 Å². The first-order chi connectivity index (χ1) is 14.6. The number of allylic oxidation sites excluding steroid dienone is 3. The number of nitrogens with one attached hydrogen (secondary N) is 1. The van der Waals surface area contributed by atoms with Gasteiger partial charge in [0.05, 0.1) is 11.8 Å². The number of hydrogen-bond acceptors (Lipinski definition) is 5. The molecule has 1 N–H and O–H groups in total. The van der Waals surface area contributed by atoms with E-state index in [2.05, 4.69) is 39.7 Å². The molecule has 30 heavy (non-hydrogen) atoms. The molecular formula is C23H30N6O. The van der Waals surface area contributed by atoms with Gasteiger partial charge in [0, 0.05) is 38.9 Å². The van der Waals surface area contributed by atoms with Crippen LogP contribution in [0.4, 0.5) is 5.95 Å².